The third-order valence-electron chi connectivity index (χ3n) is 3.20. The summed E-state index contributed by atoms with van der Waals surface area (Å²) < 4.78 is 0.902. The van der Waals surface area contributed by atoms with E-state index in [1.807, 2.05) is 42.5 Å². The van der Waals surface area contributed by atoms with E-state index in [4.69, 9.17) is 6.42 Å². The zero-order valence-corrected chi connectivity index (χ0v) is 12.1. The molecule has 1 heterocycles. The highest BCUT2D eigenvalue weighted by molar-refractivity contribution is 9.10. The fourth-order valence-corrected chi connectivity index (χ4v) is 2.87. The summed E-state index contributed by atoms with van der Waals surface area (Å²) in [6, 6.07) is 12.7. The van der Waals surface area contributed by atoms with Crippen molar-refractivity contribution < 1.29 is 4.79 Å². The zero-order valence-electron chi connectivity index (χ0n) is 10.5. The largest absolute Gasteiger partial charge is 0.370 e. The maximum atomic E-state index is 12.1. The fourth-order valence-electron chi connectivity index (χ4n) is 2.28. The summed E-state index contributed by atoms with van der Waals surface area (Å²) in [5, 5.41) is 6.09. The highest BCUT2D eigenvalue weighted by atomic mass is 79.9. The topological polar surface area (TPSA) is 41.1 Å². The molecule has 1 aliphatic heterocycles. The molecule has 0 aliphatic carbocycles. The van der Waals surface area contributed by atoms with Gasteiger partial charge in [0.05, 0.1) is 0 Å². The summed E-state index contributed by atoms with van der Waals surface area (Å²) >= 11 is 3.49. The van der Waals surface area contributed by atoms with E-state index in [0.717, 1.165) is 27.0 Å². The van der Waals surface area contributed by atoms with Crippen molar-refractivity contribution >= 4 is 33.2 Å². The van der Waals surface area contributed by atoms with Gasteiger partial charge < -0.3 is 10.6 Å². The smallest absolute Gasteiger partial charge is 0.251 e. The normalized spacial score (nSPS) is 16.2. The molecule has 0 bridgehead atoms. The van der Waals surface area contributed by atoms with Crippen molar-refractivity contribution in [3.8, 4) is 12.3 Å². The molecule has 0 saturated carbocycles. The number of halogens is 1. The second kappa shape index (κ2) is 5.03. The molecule has 20 heavy (non-hydrogen) atoms. The molecule has 1 aliphatic rings. The average Bonchev–Trinajstić information content (AvgIpc) is 2.77. The quantitative estimate of drug-likeness (QED) is 0.829. The molecule has 2 N–H and O–H groups in total. The summed E-state index contributed by atoms with van der Waals surface area (Å²) in [5.74, 6) is 2.51. The summed E-state index contributed by atoms with van der Waals surface area (Å²) in [5.41, 5.74) is 3.35. The molecule has 0 spiro atoms. The monoisotopic (exact) mass is 326 g/mol. The van der Waals surface area contributed by atoms with Crippen molar-refractivity contribution in [2.45, 2.75) is 6.04 Å². The van der Waals surface area contributed by atoms with E-state index >= 15 is 0 Å². The molecular weight excluding hydrogens is 316 g/mol. The fraction of sp³-hybridized carbons (Fsp3) is 0.0625. The minimum atomic E-state index is -0.423. The molecule has 98 valence electrons. The predicted molar refractivity (Wildman–Crippen MR) is 83.5 cm³/mol. The summed E-state index contributed by atoms with van der Waals surface area (Å²) in [4.78, 5) is 12.1. The van der Waals surface area contributed by atoms with Crippen molar-refractivity contribution in [1.82, 2.24) is 0 Å². The Kier molecular flexibility index (Phi) is 3.21. The maximum Gasteiger partial charge on any atom is 0.251 e. The zero-order chi connectivity index (χ0) is 14.1. The van der Waals surface area contributed by atoms with Crippen LogP contribution in [-0.4, -0.2) is 5.91 Å². The Labute approximate surface area is 125 Å². The number of carbonyl (C=O) groups is 1. The van der Waals surface area contributed by atoms with Crippen LogP contribution in [0, 0.1) is 12.3 Å². The number of fused-ring (bicyclic) bond motifs is 1. The van der Waals surface area contributed by atoms with Crippen LogP contribution >= 0.6 is 15.9 Å². The van der Waals surface area contributed by atoms with Gasteiger partial charge in [0.1, 0.15) is 6.04 Å². The Morgan fingerprint density at radius 3 is 2.85 bits per heavy atom. The SMILES string of the molecule is C#Cc1cccc(NC2C(=O)Nc3cccc(Br)c32)c1. The highest BCUT2D eigenvalue weighted by Crippen LogP contribution is 2.38. The van der Waals surface area contributed by atoms with Crippen LogP contribution in [0.25, 0.3) is 0 Å². The minimum Gasteiger partial charge on any atom is -0.370 e. The first-order chi connectivity index (χ1) is 9.69. The second-order valence-corrected chi connectivity index (χ2v) is 5.35. The molecule has 0 saturated heterocycles. The first-order valence-corrected chi connectivity index (χ1v) is 6.91. The Morgan fingerprint density at radius 1 is 1.25 bits per heavy atom. The number of anilines is 2. The average molecular weight is 327 g/mol. The molecule has 0 aromatic heterocycles. The van der Waals surface area contributed by atoms with E-state index in [1.165, 1.54) is 0 Å². The lowest BCUT2D eigenvalue weighted by Crippen LogP contribution is -2.19. The number of carbonyl (C=O) groups excluding carboxylic acids is 1. The molecule has 3 nitrogen and oxygen atoms in total. The number of nitrogens with one attached hydrogen (secondary N) is 2. The van der Waals surface area contributed by atoms with Gasteiger partial charge in [0.2, 0.25) is 0 Å². The molecule has 1 atom stereocenters. The van der Waals surface area contributed by atoms with Gasteiger partial charge in [0.15, 0.2) is 0 Å². The third-order valence-corrected chi connectivity index (χ3v) is 3.89. The van der Waals surface area contributed by atoms with Gasteiger partial charge in [-0.3, -0.25) is 4.79 Å². The Hall–Kier alpha value is -2.25. The van der Waals surface area contributed by atoms with Gasteiger partial charge in [0, 0.05) is 27.0 Å². The van der Waals surface area contributed by atoms with Crippen molar-refractivity contribution in [1.29, 1.82) is 0 Å². The number of hydrogen-bond donors (Lipinski definition) is 2. The molecular formula is C16H11BrN2O. The van der Waals surface area contributed by atoms with Gasteiger partial charge in [-0.1, -0.05) is 34.0 Å². The number of amides is 1. The molecule has 4 heteroatoms. The van der Waals surface area contributed by atoms with Crippen LogP contribution in [0.15, 0.2) is 46.9 Å². The summed E-state index contributed by atoms with van der Waals surface area (Å²) in [6.45, 7) is 0. The molecule has 1 amide bonds. The molecule has 3 rings (SSSR count). The first kappa shape index (κ1) is 12.8. The van der Waals surface area contributed by atoms with Crippen molar-refractivity contribution in [3.63, 3.8) is 0 Å². The van der Waals surface area contributed by atoms with Gasteiger partial charge in [0.25, 0.3) is 5.91 Å². The van der Waals surface area contributed by atoms with Gasteiger partial charge in [-0.05, 0) is 30.3 Å². The Bertz CT molecular complexity index is 733. The molecule has 2 aromatic carbocycles. The number of rotatable bonds is 2. The molecule has 0 radical (unpaired) electrons. The van der Waals surface area contributed by atoms with E-state index in [1.54, 1.807) is 0 Å². The summed E-state index contributed by atoms with van der Waals surface area (Å²) in [7, 11) is 0. The second-order valence-electron chi connectivity index (χ2n) is 4.49. The van der Waals surface area contributed by atoms with Crippen molar-refractivity contribution in [3.05, 3.63) is 58.1 Å². The molecule has 1 unspecified atom stereocenters. The predicted octanol–water partition coefficient (Wildman–Crippen LogP) is 3.54. The van der Waals surface area contributed by atoms with Crippen LogP contribution in [0.4, 0.5) is 11.4 Å². The minimum absolute atomic E-state index is 0.0713. The van der Waals surface area contributed by atoms with Gasteiger partial charge in [-0.15, -0.1) is 6.42 Å². The number of hydrogen-bond acceptors (Lipinski definition) is 2. The van der Waals surface area contributed by atoms with Crippen LogP contribution < -0.4 is 10.6 Å². The molecule has 2 aromatic rings. The Morgan fingerprint density at radius 2 is 2.05 bits per heavy atom. The van der Waals surface area contributed by atoms with E-state index in [0.29, 0.717) is 0 Å². The third kappa shape index (κ3) is 2.17. The standard InChI is InChI=1S/C16H11BrN2O/c1-2-10-5-3-6-11(9-10)18-15-14-12(17)7-4-8-13(14)19-16(15)20/h1,3-9,15,18H,(H,19,20). The van der Waals surface area contributed by atoms with E-state index in [9.17, 15) is 4.79 Å². The molecule has 0 fully saturated rings. The van der Waals surface area contributed by atoms with E-state index < -0.39 is 6.04 Å². The maximum absolute atomic E-state index is 12.1. The van der Waals surface area contributed by atoms with Crippen LogP contribution in [0.5, 0.6) is 0 Å². The lowest BCUT2D eigenvalue weighted by atomic mass is 10.1. The highest BCUT2D eigenvalue weighted by Gasteiger charge is 2.32. The van der Waals surface area contributed by atoms with Gasteiger partial charge in [-0.2, -0.15) is 0 Å². The van der Waals surface area contributed by atoms with E-state index in [-0.39, 0.29) is 5.91 Å². The van der Waals surface area contributed by atoms with Crippen LogP contribution in [0.1, 0.15) is 17.2 Å². The number of terminal acetylenes is 1. The first-order valence-electron chi connectivity index (χ1n) is 6.11. The van der Waals surface area contributed by atoms with Crippen LogP contribution in [0.3, 0.4) is 0 Å². The number of benzene rings is 2. The van der Waals surface area contributed by atoms with Crippen molar-refractivity contribution in [2.24, 2.45) is 0 Å². The van der Waals surface area contributed by atoms with Crippen LogP contribution in [0.2, 0.25) is 0 Å². The van der Waals surface area contributed by atoms with Gasteiger partial charge in [-0.25, -0.2) is 0 Å². The summed E-state index contributed by atoms with van der Waals surface area (Å²) in [6.07, 6.45) is 5.39. The van der Waals surface area contributed by atoms with Crippen molar-refractivity contribution in [2.75, 3.05) is 10.6 Å². The lowest BCUT2D eigenvalue weighted by molar-refractivity contribution is -0.116. The van der Waals surface area contributed by atoms with Crippen LogP contribution in [-0.2, 0) is 4.79 Å². The van der Waals surface area contributed by atoms with Gasteiger partial charge >= 0.3 is 0 Å². The van der Waals surface area contributed by atoms with E-state index in [2.05, 4.69) is 32.5 Å². The lowest BCUT2D eigenvalue weighted by Gasteiger charge is -2.14. The Balaban J connectivity index is 1.96.